The lowest BCUT2D eigenvalue weighted by atomic mass is 10.3. The molecule has 102 heavy (non-hydrogen) atoms. The molecule has 0 heterocycles. The van der Waals surface area contributed by atoms with E-state index in [0.29, 0.717) is 104 Å². The normalized spacial score (nSPS) is 10.6. The van der Waals surface area contributed by atoms with Gasteiger partial charge in [-0.25, -0.2) is 0 Å². The topological polar surface area (TPSA) is 226 Å². The zero-order chi connectivity index (χ0) is 76.5. The van der Waals surface area contributed by atoms with Crippen LogP contribution in [0.15, 0.2) is 203 Å². The van der Waals surface area contributed by atoms with Crippen molar-refractivity contribution in [2.75, 3.05) is 14.2 Å². The van der Waals surface area contributed by atoms with Crippen LogP contribution in [0.3, 0.4) is 0 Å². The molecule has 542 valence electrons. The minimum Gasteiger partial charge on any atom is -0.504 e. The average molecular weight is 3010 g/mol. The van der Waals surface area contributed by atoms with Gasteiger partial charge in [0.2, 0.25) is 0 Å². The van der Waals surface area contributed by atoms with Gasteiger partial charge in [-0.1, -0.05) is 95.6 Å². The zero-order valence-electron chi connectivity index (χ0n) is 49.0. The van der Waals surface area contributed by atoms with Crippen LogP contribution in [0.4, 0.5) is 0 Å². The second kappa shape index (κ2) is 41.8. The molecule has 0 fully saturated rings. The predicted molar refractivity (Wildman–Crippen MR) is 484 cm³/mol. The molecule has 0 unspecified atom stereocenters. The van der Waals surface area contributed by atoms with E-state index in [1.165, 1.54) is 12.1 Å². The molecule has 0 aliphatic carbocycles. The second-order valence-corrected chi connectivity index (χ2v) is 39.9. The average Bonchev–Trinajstić information content (AvgIpc) is 0.807. The molecule has 0 radical (unpaired) electrons. The Hall–Kier alpha value is 1.20. The standard InChI is InChI=1S/C14H10Br4O3.C12H4Br6O3.3C12H5Br5O3/c1-19-11-5-7(15)4-10(18)14(11)21-12-6-8(16)3-9(17)13(12)20-2;13-3-1-4(14)10(19)5(2-3)21-12-9(18)7(16)6(15)8(17)11(12)20;2*13-4-1-6(15)11(19)8(2-4)20-12-7(18)3-5(14)9(16)10(12)17;13-4-1-6(15)10(18)8(2-4)20-12-7(16)3-5(14)9(17)11(12)19/h3-6H,1-2H3;1-2,19-20H;3*1-3,18-19H. The molecule has 0 aromatic heterocycles. The summed E-state index contributed by atoms with van der Waals surface area (Å²) in [5.74, 6) is 3.35. The number of hydrogen-bond donors (Lipinski definition) is 8. The lowest BCUT2D eigenvalue weighted by Gasteiger charge is -2.16. The van der Waals surface area contributed by atoms with E-state index in [4.69, 9.17) is 33.2 Å². The first-order valence-electron chi connectivity index (χ1n) is 25.9. The number of halogens is 25. The third kappa shape index (κ3) is 24.1. The molecular formula is C62H29Br25O15. The van der Waals surface area contributed by atoms with E-state index < -0.39 is 0 Å². The number of hydrogen-bond acceptors (Lipinski definition) is 15. The van der Waals surface area contributed by atoms with Crippen LogP contribution >= 0.6 is 398 Å². The van der Waals surface area contributed by atoms with Crippen LogP contribution in [0, 0.1) is 0 Å². The molecule has 0 spiro atoms. The minimum absolute atomic E-state index is 0.0569. The molecule has 10 rings (SSSR count). The summed E-state index contributed by atoms with van der Waals surface area (Å²) in [5, 5.41) is 80.3. The third-order valence-electron chi connectivity index (χ3n) is 11.9. The minimum atomic E-state index is -0.104. The zero-order valence-corrected chi connectivity index (χ0v) is 88.7. The molecular weight excluding hydrogens is 2980 g/mol. The highest BCUT2D eigenvalue weighted by atomic mass is 79.9. The molecule has 0 saturated heterocycles. The summed E-state index contributed by atoms with van der Waals surface area (Å²) < 4.78 is 55.1. The van der Waals surface area contributed by atoms with Crippen LogP contribution in [0.2, 0.25) is 0 Å². The van der Waals surface area contributed by atoms with Gasteiger partial charge in [0.1, 0.15) is 0 Å². The van der Waals surface area contributed by atoms with Gasteiger partial charge in [-0.15, -0.1) is 0 Å². The van der Waals surface area contributed by atoms with Crippen molar-refractivity contribution >= 4 is 398 Å². The van der Waals surface area contributed by atoms with Gasteiger partial charge < -0.3 is 74.0 Å². The van der Waals surface area contributed by atoms with Crippen molar-refractivity contribution in [3.05, 3.63) is 203 Å². The number of ether oxygens (including phenoxy) is 7. The first-order valence-corrected chi connectivity index (χ1v) is 45.8. The summed E-state index contributed by atoms with van der Waals surface area (Å²) in [6, 6.07) is 25.3. The van der Waals surface area contributed by atoms with Crippen LogP contribution in [0.5, 0.6) is 115 Å². The number of phenols is 8. The Morgan fingerprint density at radius 2 is 0.451 bits per heavy atom. The highest BCUT2D eigenvalue weighted by Crippen LogP contribution is 2.56. The van der Waals surface area contributed by atoms with Crippen LogP contribution in [-0.2, 0) is 0 Å². The molecule has 40 heteroatoms. The van der Waals surface area contributed by atoms with E-state index in [1.807, 2.05) is 24.3 Å². The molecule has 0 aliphatic heterocycles. The Kier molecular flexibility index (Phi) is 37.8. The summed E-state index contributed by atoms with van der Waals surface area (Å²) in [7, 11) is 3.18. The molecule has 0 amide bonds. The van der Waals surface area contributed by atoms with E-state index in [9.17, 15) is 40.9 Å². The van der Waals surface area contributed by atoms with Crippen molar-refractivity contribution in [2.24, 2.45) is 0 Å². The van der Waals surface area contributed by atoms with Gasteiger partial charge in [0.25, 0.3) is 0 Å². The summed E-state index contributed by atoms with van der Waals surface area (Å²) in [4.78, 5) is 0. The summed E-state index contributed by atoms with van der Waals surface area (Å²) >= 11 is 83.1. The fourth-order valence-electron chi connectivity index (χ4n) is 7.31. The Balaban J connectivity index is 0.000000200. The number of benzene rings is 10. The van der Waals surface area contributed by atoms with Crippen molar-refractivity contribution in [1.29, 1.82) is 0 Å². The first-order chi connectivity index (χ1) is 47.6. The molecule has 0 atom stereocenters. The molecule has 10 aromatic carbocycles. The second-order valence-electron chi connectivity index (χ2n) is 18.7. The third-order valence-corrected chi connectivity index (χ3v) is 32.0. The van der Waals surface area contributed by atoms with E-state index in [-0.39, 0.29) is 92.0 Å². The lowest BCUT2D eigenvalue weighted by molar-refractivity contribution is 0.353. The van der Waals surface area contributed by atoms with E-state index >= 15 is 0 Å². The lowest BCUT2D eigenvalue weighted by Crippen LogP contribution is -1.95. The maximum atomic E-state index is 10.2. The first kappa shape index (κ1) is 92.1. The van der Waals surface area contributed by atoms with Gasteiger partial charge in [0.05, 0.1) is 76.8 Å². The SMILES string of the molecule is COc1cc(Br)cc(Br)c1Oc1cc(Br)cc(Br)c1OC.Oc1c(Br)cc(Br)cc1Oc1c(Br)cc(Br)c(Br)c1O.Oc1c(Br)cc(Br)cc1Oc1c(O)c(Br)c(Br)c(Br)c1Br.Oc1cc(Br)c(Br)c(Br)c1Oc1cc(Br)cc(Br)c1O.Oc1cc(Br)c(Br)c(Br)c1Oc1cc(Br)cc(Br)c1O. The molecule has 8 N–H and O–H groups in total. The van der Waals surface area contributed by atoms with Crippen molar-refractivity contribution in [3.63, 3.8) is 0 Å². The Labute approximate surface area is 791 Å². The molecule has 10 aromatic rings. The number of methoxy groups -OCH3 is 2. The summed E-state index contributed by atoms with van der Waals surface area (Å²) in [6.45, 7) is 0. The van der Waals surface area contributed by atoms with Gasteiger partial charge in [0.15, 0.2) is 115 Å². The van der Waals surface area contributed by atoms with Crippen molar-refractivity contribution < 1.29 is 74.0 Å². The van der Waals surface area contributed by atoms with E-state index in [1.54, 1.807) is 68.8 Å². The van der Waals surface area contributed by atoms with Crippen LogP contribution in [-0.4, -0.2) is 55.1 Å². The molecule has 0 aliphatic rings. The molecule has 15 nitrogen and oxygen atoms in total. The maximum Gasteiger partial charge on any atom is 0.185 e. The van der Waals surface area contributed by atoms with Crippen LogP contribution < -0.4 is 33.2 Å². The Bertz CT molecular complexity index is 4550. The smallest absolute Gasteiger partial charge is 0.185 e. The van der Waals surface area contributed by atoms with Gasteiger partial charge in [-0.05, 0) is 394 Å². The van der Waals surface area contributed by atoms with Crippen molar-refractivity contribution in [1.82, 2.24) is 0 Å². The van der Waals surface area contributed by atoms with Crippen molar-refractivity contribution in [2.45, 2.75) is 0 Å². The van der Waals surface area contributed by atoms with Crippen LogP contribution in [0.1, 0.15) is 0 Å². The fraction of sp³-hybridized carbons (Fsp3) is 0.0323. The predicted octanol–water partition coefficient (Wildman–Crippen LogP) is 34.1. The Morgan fingerprint density at radius 3 is 0.814 bits per heavy atom. The summed E-state index contributed by atoms with van der Waals surface area (Å²) in [5.41, 5.74) is 0. The van der Waals surface area contributed by atoms with Gasteiger partial charge >= 0.3 is 0 Å². The van der Waals surface area contributed by atoms with Gasteiger partial charge in [0, 0.05) is 49.2 Å². The highest BCUT2D eigenvalue weighted by molar-refractivity contribution is 9.16. The number of aromatic hydroxyl groups is 8. The Morgan fingerprint density at radius 1 is 0.186 bits per heavy atom. The van der Waals surface area contributed by atoms with Gasteiger partial charge in [-0.2, -0.15) is 0 Å². The number of rotatable bonds is 12. The maximum absolute atomic E-state index is 10.2. The molecule has 0 saturated carbocycles. The quantitative estimate of drug-likeness (QED) is 0.0420. The number of phenolic OH excluding ortho intramolecular Hbond substituents is 8. The largest absolute Gasteiger partial charge is 0.504 e. The van der Waals surface area contributed by atoms with E-state index in [0.717, 1.165) is 31.3 Å². The van der Waals surface area contributed by atoms with Crippen LogP contribution in [0.25, 0.3) is 0 Å². The highest BCUT2D eigenvalue weighted by Gasteiger charge is 2.26. The summed E-state index contributed by atoms with van der Waals surface area (Å²) in [6.07, 6.45) is 0. The monoisotopic (exact) mass is 2990 g/mol. The molecule has 0 bridgehead atoms. The van der Waals surface area contributed by atoms with Gasteiger partial charge in [-0.3, -0.25) is 0 Å². The van der Waals surface area contributed by atoms with Crippen molar-refractivity contribution in [3.8, 4) is 115 Å². The fourth-order valence-corrected chi connectivity index (χ4v) is 21.3. The van der Waals surface area contributed by atoms with E-state index in [2.05, 4.69) is 398 Å².